The Hall–Kier alpha value is -2.25. The summed E-state index contributed by atoms with van der Waals surface area (Å²) in [6.07, 6.45) is 9.16. The van der Waals surface area contributed by atoms with E-state index >= 15 is 0 Å². The number of amides is 1. The summed E-state index contributed by atoms with van der Waals surface area (Å²) >= 11 is 0. The van der Waals surface area contributed by atoms with Crippen molar-refractivity contribution in [2.75, 3.05) is 26.2 Å². The van der Waals surface area contributed by atoms with Crippen LogP contribution < -0.4 is 0 Å². The Morgan fingerprint density at radius 1 is 1.11 bits per heavy atom. The highest BCUT2D eigenvalue weighted by Crippen LogP contribution is 2.40. The molecule has 7 heteroatoms. The van der Waals surface area contributed by atoms with Gasteiger partial charge in [0.25, 0.3) is 5.91 Å². The molecule has 2 fully saturated rings. The molecule has 2 aromatic rings. The fourth-order valence-electron chi connectivity index (χ4n) is 4.80. The van der Waals surface area contributed by atoms with Crippen molar-refractivity contribution in [2.24, 2.45) is 0 Å². The molecule has 0 saturated carbocycles. The molecule has 148 valence electrons. The van der Waals surface area contributed by atoms with Crippen molar-refractivity contribution in [1.29, 1.82) is 0 Å². The highest BCUT2D eigenvalue weighted by atomic mass is 16.5. The van der Waals surface area contributed by atoms with E-state index in [1.54, 1.807) is 0 Å². The molecule has 1 spiro atoms. The van der Waals surface area contributed by atoms with Gasteiger partial charge in [0, 0.05) is 51.3 Å². The van der Waals surface area contributed by atoms with E-state index in [0.717, 1.165) is 69.9 Å². The van der Waals surface area contributed by atoms with Gasteiger partial charge in [-0.2, -0.15) is 0 Å². The van der Waals surface area contributed by atoms with Crippen LogP contribution in [-0.2, 0) is 28.2 Å². The van der Waals surface area contributed by atoms with Gasteiger partial charge in [-0.05, 0) is 37.8 Å². The van der Waals surface area contributed by atoms with Gasteiger partial charge in [0.15, 0.2) is 6.10 Å². The maximum atomic E-state index is 13.0. The maximum absolute atomic E-state index is 13.0. The fourth-order valence-corrected chi connectivity index (χ4v) is 4.80. The quantitative estimate of drug-likeness (QED) is 0.811. The fraction of sp³-hybridized carbons (Fsp3) is 0.571. The molecule has 0 aromatic carbocycles. The topological polar surface area (TPSA) is 63.5 Å². The molecular formula is C21H27N5O2. The molecule has 5 rings (SSSR count). The molecule has 7 nitrogen and oxygen atoms in total. The number of pyridine rings is 1. The average molecular weight is 381 g/mol. The van der Waals surface area contributed by atoms with Crippen LogP contribution in [0.4, 0.5) is 0 Å². The molecule has 1 atom stereocenters. The number of imidazole rings is 1. The highest BCUT2D eigenvalue weighted by molar-refractivity contribution is 5.81. The third kappa shape index (κ3) is 3.22. The minimum atomic E-state index is -0.456. The van der Waals surface area contributed by atoms with Crippen LogP contribution in [0.2, 0.25) is 0 Å². The molecule has 0 radical (unpaired) electrons. The number of aromatic nitrogens is 3. The van der Waals surface area contributed by atoms with Crippen LogP contribution >= 0.6 is 0 Å². The largest absolute Gasteiger partial charge is 0.352 e. The minimum absolute atomic E-state index is 0.146. The van der Waals surface area contributed by atoms with Gasteiger partial charge < -0.3 is 14.2 Å². The van der Waals surface area contributed by atoms with Gasteiger partial charge in [0.1, 0.15) is 11.4 Å². The van der Waals surface area contributed by atoms with E-state index < -0.39 is 11.7 Å². The summed E-state index contributed by atoms with van der Waals surface area (Å²) in [5.41, 5.74) is 0.634. The molecule has 2 aromatic heterocycles. The van der Waals surface area contributed by atoms with Crippen LogP contribution in [0.1, 0.15) is 37.2 Å². The van der Waals surface area contributed by atoms with E-state index in [0.29, 0.717) is 6.54 Å². The normalized spacial score (nSPS) is 24.4. The number of hydrogen-bond donors (Lipinski definition) is 0. The van der Waals surface area contributed by atoms with Gasteiger partial charge in [-0.1, -0.05) is 6.07 Å². The van der Waals surface area contributed by atoms with E-state index in [1.807, 2.05) is 35.6 Å². The first-order valence-electron chi connectivity index (χ1n) is 10.3. The van der Waals surface area contributed by atoms with Crippen molar-refractivity contribution in [2.45, 2.75) is 50.5 Å². The summed E-state index contributed by atoms with van der Waals surface area (Å²) in [4.78, 5) is 26.5. The summed E-state index contributed by atoms with van der Waals surface area (Å²) in [5, 5.41) is 0. The second kappa shape index (κ2) is 7.29. The zero-order valence-corrected chi connectivity index (χ0v) is 16.2. The zero-order valence-electron chi connectivity index (χ0n) is 16.2. The van der Waals surface area contributed by atoms with Crippen molar-refractivity contribution >= 4 is 5.91 Å². The Morgan fingerprint density at radius 3 is 2.68 bits per heavy atom. The number of carbonyl (C=O) groups is 1. The SMILES string of the molecule is O=C([C@H]1Cn2ccnc2C2(CCN(Cc3ccccn3)CC2)O1)N1CCCC1. The highest BCUT2D eigenvalue weighted by Gasteiger charge is 2.47. The third-order valence-corrected chi connectivity index (χ3v) is 6.32. The Morgan fingerprint density at radius 2 is 1.93 bits per heavy atom. The molecule has 28 heavy (non-hydrogen) atoms. The molecule has 0 unspecified atom stereocenters. The number of hydrogen-bond acceptors (Lipinski definition) is 5. The number of piperidine rings is 1. The second-order valence-electron chi connectivity index (χ2n) is 8.13. The average Bonchev–Trinajstić information content (AvgIpc) is 3.42. The Labute approximate surface area is 165 Å². The number of carbonyl (C=O) groups excluding carboxylic acids is 1. The standard InChI is InChI=1S/C21H27N5O2/c27-19(25-10-3-4-11-25)18-16-26-14-9-23-20(26)21(28-18)6-12-24(13-7-21)15-17-5-1-2-8-22-17/h1-2,5,8-9,14,18H,3-4,6-7,10-13,15-16H2/t18-/m1/s1. The molecular weight excluding hydrogens is 354 g/mol. The summed E-state index contributed by atoms with van der Waals surface area (Å²) in [5.74, 6) is 1.13. The van der Waals surface area contributed by atoms with Gasteiger partial charge in [-0.25, -0.2) is 4.98 Å². The lowest BCUT2D eigenvalue weighted by Crippen LogP contribution is -2.54. The van der Waals surface area contributed by atoms with Gasteiger partial charge >= 0.3 is 0 Å². The van der Waals surface area contributed by atoms with Crippen LogP contribution in [0, 0.1) is 0 Å². The minimum Gasteiger partial charge on any atom is -0.352 e. The third-order valence-electron chi connectivity index (χ3n) is 6.32. The number of likely N-dealkylation sites (tertiary alicyclic amines) is 2. The molecule has 5 heterocycles. The maximum Gasteiger partial charge on any atom is 0.253 e. The number of rotatable bonds is 3. The number of nitrogens with zero attached hydrogens (tertiary/aromatic N) is 5. The summed E-state index contributed by atoms with van der Waals surface area (Å²) in [6, 6.07) is 6.05. The lowest BCUT2D eigenvalue weighted by molar-refractivity contribution is -0.180. The van der Waals surface area contributed by atoms with Crippen LogP contribution in [0.3, 0.4) is 0 Å². The lowest BCUT2D eigenvalue weighted by Gasteiger charge is -2.46. The lowest BCUT2D eigenvalue weighted by atomic mass is 9.88. The molecule has 2 saturated heterocycles. The molecule has 1 amide bonds. The van der Waals surface area contributed by atoms with Crippen LogP contribution in [-0.4, -0.2) is 62.5 Å². The predicted octanol–water partition coefficient (Wildman–Crippen LogP) is 1.79. The van der Waals surface area contributed by atoms with E-state index in [-0.39, 0.29) is 5.91 Å². The van der Waals surface area contributed by atoms with Gasteiger partial charge in [0.2, 0.25) is 0 Å². The molecule has 3 aliphatic heterocycles. The van der Waals surface area contributed by atoms with Gasteiger partial charge in [-0.15, -0.1) is 0 Å². The number of fused-ring (bicyclic) bond motifs is 2. The van der Waals surface area contributed by atoms with E-state index in [2.05, 4.69) is 25.5 Å². The second-order valence-corrected chi connectivity index (χ2v) is 8.13. The molecule has 3 aliphatic rings. The first kappa shape index (κ1) is 17.8. The Kier molecular flexibility index (Phi) is 4.64. The van der Waals surface area contributed by atoms with E-state index in [1.165, 1.54) is 0 Å². The van der Waals surface area contributed by atoms with Crippen molar-refractivity contribution < 1.29 is 9.53 Å². The van der Waals surface area contributed by atoms with Crippen LogP contribution in [0.15, 0.2) is 36.8 Å². The number of ether oxygens (including phenoxy) is 1. The molecule has 0 bridgehead atoms. The van der Waals surface area contributed by atoms with Gasteiger partial charge in [-0.3, -0.25) is 14.7 Å². The molecule has 0 N–H and O–H groups in total. The Bertz CT molecular complexity index is 822. The van der Waals surface area contributed by atoms with Crippen LogP contribution in [0.25, 0.3) is 0 Å². The summed E-state index contributed by atoms with van der Waals surface area (Å²) < 4.78 is 8.69. The first-order valence-corrected chi connectivity index (χ1v) is 10.3. The van der Waals surface area contributed by atoms with Crippen molar-refractivity contribution in [3.63, 3.8) is 0 Å². The predicted molar refractivity (Wildman–Crippen MR) is 103 cm³/mol. The van der Waals surface area contributed by atoms with Gasteiger partial charge in [0.05, 0.1) is 12.2 Å². The Balaban J connectivity index is 1.32. The van der Waals surface area contributed by atoms with E-state index in [4.69, 9.17) is 4.74 Å². The van der Waals surface area contributed by atoms with Crippen molar-refractivity contribution in [3.05, 3.63) is 48.3 Å². The smallest absolute Gasteiger partial charge is 0.253 e. The van der Waals surface area contributed by atoms with Crippen molar-refractivity contribution in [1.82, 2.24) is 24.3 Å². The first-order chi connectivity index (χ1) is 13.7. The zero-order chi connectivity index (χ0) is 19.0. The van der Waals surface area contributed by atoms with Crippen molar-refractivity contribution in [3.8, 4) is 0 Å². The van der Waals surface area contributed by atoms with E-state index in [9.17, 15) is 4.79 Å². The summed E-state index contributed by atoms with van der Waals surface area (Å²) in [6.45, 7) is 4.97. The van der Waals surface area contributed by atoms with Crippen LogP contribution in [0.5, 0.6) is 0 Å². The monoisotopic (exact) mass is 381 g/mol. The summed E-state index contributed by atoms with van der Waals surface area (Å²) in [7, 11) is 0. The molecule has 0 aliphatic carbocycles.